The molecule has 3 rings (SSSR count). The van der Waals surface area contributed by atoms with Crippen molar-refractivity contribution in [2.24, 2.45) is 11.8 Å². The number of halogens is 4. The minimum Gasteiger partial charge on any atom is -0.458 e. The minimum atomic E-state index is -3.17. The Balaban J connectivity index is 1.93. The summed E-state index contributed by atoms with van der Waals surface area (Å²) in [6.45, 7) is 10.5. The Kier molecular flexibility index (Phi) is 17.4. The van der Waals surface area contributed by atoms with Gasteiger partial charge < -0.3 is 14.6 Å². The molecule has 1 aliphatic rings. The van der Waals surface area contributed by atoms with E-state index in [2.05, 4.69) is 6.92 Å². The van der Waals surface area contributed by atoms with Crippen molar-refractivity contribution in [2.45, 2.75) is 160 Å². The van der Waals surface area contributed by atoms with Gasteiger partial charge in [0.1, 0.15) is 5.60 Å². The number of ether oxygens (including phenoxy) is 2. The quantitative estimate of drug-likeness (QED) is 0.0421. The van der Waals surface area contributed by atoms with Crippen LogP contribution in [-0.2, 0) is 24.7 Å². The Morgan fingerprint density at radius 2 is 1.40 bits per heavy atom. The number of amides is 1. The number of aliphatic hydroxyl groups is 1. The number of carbonyl (C=O) groups is 2. The first kappa shape index (κ1) is 46.1. The van der Waals surface area contributed by atoms with Gasteiger partial charge in [-0.25, -0.2) is 22.4 Å². The number of hydrogen-bond donors (Lipinski definition) is 1. The lowest BCUT2D eigenvalue weighted by molar-refractivity contribution is -0.189. The molecule has 1 heterocycles. The molecule has 306 valence electrons. The minimum absolute atomic E-state index is 0.102. The van der Waals surface area contributed by atoms with Gasteiger partial charge in [-0.2, -0.15) is 0 Å². The van der Waals surface area contributed by atoms with Gasteiger partial charge in [0.15, 0.2) is 11.2 Å². The second kappa shape index (κ2) is 20.7. The Hall–Kier alpha value is -3.31. The van der Waals surface area contributed by atoms with Gasteiger partial charge in [0.25, 0.3) is 5.17 Å². The number of allylic oxidation sites excluding steroid dienone is 1. The van der Waals surface area contributed by atoms with Crippen molar-refractivity contribution >= 4 is 29.3 Å². The third kappa shape index (κ3) is 12.6. The van der Waals surface area contributed by atoms with E-state index in [0.29, 0.717) is 49.7 Å². The lowest BCUT2D eigenvalue weighted by atomic mass is 9.75. The summed E-state index contributed by atoms with van der Waals surface area (Å²) in [4.78, 5) is 29.9. The Labute approximate surface area is 331 Å². The molecule has 0 bridgehead atoms. The first-order chi connectivity index (χ1) is 25.9. The highest BCUT2D eigenvalue weighted by molar-refractivity contribution is 7.80. The molecule has 1 fully saturated rings. The zero-order valence-electron chi connectivity index (χ0n) is 33.4. The zero-order chi connectivity index (χ0) is 40.9. The summed E-state index contributed by atoms with van der Waals surface area (Å²) in [6, 6.07) is 17.7. The number of alkyl halides is 4. The van der Waals surface area contributed by atoms with E-state index >= 15 is 0 Å². The van der Waals surface area contributed by atoms with Gasteiger partial charge in [-0.05, 0) is 64.6 Å². The van der Waals surface area contributed by atoms with Crippen LogP contribution >= 0.6 is 12.2 Å². The van der Waals surface area contributed by atoms with E-state index in [9.17, 15) is 32.3 Å². The molecule has 1 aliphatic heterocycles. The lowest BCUT2D eigenvalue weighted by Gasteiger charge is -2.40. The third-order valence-corrected chi connectivity index (χ3v) is 10.3. The number of nitrogens with zero attached hydrogens (tertiary/aromatic N) is 1. The van der Waals surface area contributed by atoms with E-state index in [1.165, 1.54) is 31.7 Å². The van der Waals surface area contributed by atoms with E-state index in [1.807, 2.05) is 74.5 Å². The van der Waals surface area contributed by atoms with Gasteiger partial charge in [-0.15, -0.1) is 0 Å². The van der Waals surface area contributed by atoms with Crippen LogP contribution in [0.15, 0.2) is 72.8 Å². The molecule has 2 aromatic rings. The van der Waals surface area contributed by atoms with E-state index in [-0.39, 0.29) is 23.9 Å². The first-order valence-electron chi connectivity index (χ1n) is 19.8. The molecule has 1 N–H and O–H groups in total. The highest BCUT2D eigenvalue weighted by atomic mass is 32.1. The van der Waals surface area contributed by atoms with Crippen LogP contribution in [0.5, 0.6) is 0 Å². The lowest BCUT2D eigenvalue weighted by Crippen LogP contribution is -2.58. The van der Waals surface area contributed by atoms with Crippen LogP contribution in [0.4, 0.5) is 17.6 Å². The van der Waals surface area contributed by atoms with Crippen molar-refractivity contribution in [2.75, 3.05) is 0 Å². The summed E-state index contributed by atoms with van der Waals surface area (Å²) in [5.74, 6) is -7.10. The summed E-state index contributed by atoms with van der Waals surface area (Å²) in [6.07, 6.45) is 4.94. The zero-order valence-corrected chi connectivity index (χ0v) is 34.2. The Morgan fingerprint density at radius 1 is 0.891 bits per heavy atom. The van der Waals surface area contributed by atoms with Crippen LogP contribution in [0.3, 0.4) is 0 Å². The van der Waals surface area contributed by atoms with Crippen molar-refractivity contribution in [1.82, 2.24) is 4.90 Å². The van der Waals surface area contributed by atoms with E-state index in [0.717, 1.165) is 25.7 Å². The summed E-state index contributed by atoms with van der Waals surface area (Å²) in [5.41, 5.74) is -4.05. The molecule has 2 aromatic carbocycles. The Bertz CT molecular complexity index is 1490. The number of benzene rings is 2. The molecule has 0 aliphatic carbocycles. The molecule has 0 unspecified atom stereocenters. The molecule has 3 atom stereocenters. The fourth-order valence-electron chi connectivity index (χ4n) is 7.41. The van der Waals surface area contributed by atoms with Crippen LogP contribution < -0.4 is 0 Å². The molecule has 11 heteroatoms. The summed E-state index contributed by atoms with van der Waals surface area (Å²) in [5, 5.41) is 11.8. The fraction of sp³-hybridized carbons (Fsp3) is 0.614. The number of rotatable bonds is 22. The number of esters is 1. The normalized spacial score (nSPS) is 17.8. The number of carbonyl (C=O) groups excluding carboxylic acids is 2. The highest BCUT2D eigenvalue weighted by Crippen LogP contribution is 2.48. The van der Waals surface area contributed by atoms with Crippen LogP contribution in [-0.4, -0.2) is 56.6 Å². The SMILES string of the molecule is CCCCCCCC(F)(F)CCCCCCC=C[C@H](C(=O)N1C(=S)OC(c2ccccc2)(c2ccccc2)[C@@H]1C(C)C)[C@@](O)(CC(F)F)C(=O)OC(C)(C)C. The summed E-state index contributed by atoms with van der Waals surface area (Å²) >= 11 is 5.77. The van der Waals surface area contributed by atoms with Crippen molar-refractivity contribution in [3.8, 4) is 0 Å². The van der Waals surface area contributed by atoms with Crippen LogP contribution in [0, 0.1) is 11.8 Å². The van der Waals surface area contributed by atoms with Crippen LogP contribution in [0.25, 0.3) is 0 Å². The van der Waals surface area contributed by atoms with Crippen molar-refractivity contribution < 1.29 is 41.7 Å². The predicted molar refractivity (Wildman–Crippen MR) is 213 cm³/mol. The molecular formula is C44H61F4NO5S. The molecule has 0 radical (unpaired) electrons. The Morgan fingerprint density at radius 3 is 1.87 bits per heavy atom. The average Bonchev–Trinajstić information content (AvgIpc) is 3.44. The standard InChI is InChI=1S/C44H61F4NO5S/c1-7-8-9-13-22-29-42(47,48)30-23-14-11-10-12-21-28-35(43(52,31-36(45)46)39(51)53-41(4,5)6)38(50)49-37(32(2)3)44(54-40(49)55,33-24-17-15-18-25-33)34-26-19-16-20-27-34/h15-21,24-28,32,35-37,52H,7-14,22-23,29-31H2,1-6H3/t35-,37+,43+/m1/s1. The second-order valence-electron chi connectivity index (χ2n) is 16.1. The molecule has 1 amide bonds. The van der Waals surface area contributed by atoms with E-state index in [1.54, 1.807) is 6.08 Å². The van der Waals surface area contributed by atoms with Crippen molar-refractivity contribution in [1.29, 1.82) is 0 Å². The summed E-state index contributed by atoms with van der Waals surface area (Å²) in [7, 11) is 0. The molecule has 1 saturated heterocycles. The topological polar surface area (TPSA) is 76.1 Å². The van der Waals surface area contributed by atoms with Gasteiger partial charge >= 0.3 is 5.97 Å². The molecule has 55 heavy (non-hydrogen) atoms. The maximum Gasteiger partial charge on any atom is 0.340 e. The van der Waals surface area contributed by atoms with E-state index < -0.39 is 59.4 Å². The van der Waals surface area contributed by atoms with Crippen molar-refractivity contribution in [3.63, 3.8) is 0 Å². The van der Waals surface area contributed by atoms with Gasteiger partial charge in [0.05, 0.1) is 12.0 Å². The summed E-state index contributed by atoms with van der Waals surface area (Å²) < 4.78 is 69.4. The van der Waals surface area contributed by atoms with Crippen LogP contribution in [0.1, 0.15) is 136 Å². The predicted octanol–water partition coefficient (Wildman–Crippen LogP) is 11.3. The molecule has 0 spiro atoms. The largest absolute Gasteiger partial charge is 0.458 e. The van der Waals surface area contributed by atoms with Gasteiger partial charge in [-0.3, -0.25) is 9.69 Å². The maximum absolute atomic E-state index is 15.0. The number of thiocarbonyl (C=S) groups is 1. The first-order valence-corrected chi connectivity index (χ1v) is 20.3. The van der Waals surface area contributed by atoms with Gasteiger partial charge in [0, 0.05) is 30.4 Å². The molecule has 0 aromatic heterocycles. The van der Waals surface area contributed by atoms with E-state index in [4.69, 9.17) is 21.7 Å². The average molecular weight is 792 g/mol. The van der Waals surface area contributed by atoms with Crippen molar-refractivity contribution in [3.05, 3.63) is 83.9 Å². The number of hydrogen-bond acceptors (Lipinski definition) is 6. The maximum atomic E-state index is 15.0. The van der Waals surface area contributed by atoms with Crippen LogP contribution in [0.2, 0.25) is 0 Å². The number of unbranched alkanes of at least 4 members (excludes halogenated alkanes) is 8. The molecule has 6 nitrogen and oxygen atoms in total. The van der Waals surface area contributed by atoms with Gasteiger partial charge in [-0.1, -0.05) is 132 Å². The monoisotopic (exact) mass is 791 g/mol. The highest BCUT2D eigenvalue weighted by Gasteiger charge is 2.61. The third-order valence-electron chi connectivity index (χ3n) is 10.1. The van der Waals surface area contributed by atoms with Gasteiger partial charge in [0.2, 0.25) is 18.3 Å². The molecule has 0 saturated carbocycles. The fourth-order valence-corrected chi connectivity index (χ4v) is 7.75. The molecular weight excluding hydrogens is 731 g/mol. The second-order valence-corrected chi connectivity index (χ2v) is 16.5. The smallest absolute Gasteiger partial charge is 0.340 e.